The zero-order valence-electron chi connectivity index (χ0n) is 15.9. The third-order valence-corrected chi connectivity index (χ3v) is 4.84. The van der Waals surface area contributed by atoms with Gasteiger partial charge >= 0.3 is 0 Å². The third-order valence-electron chi connectivity index (χ3n) is 4.84. The molecular weight excluding hydrogens is 362 g/mol. The number of hydrogen-bond acceptors (Lipinski definition) is 6. The number of carbonyl (C=O) groups is 1. The lowest BCUT2D eigenvalue weighted by Gasteiger charge is -2.32. The predicted octanol–water partition coefficient (Wildman–Crippen LogP) is 1.97. The van der Waals surface area contributed by atoms with Crippen molar-refractivity contribution in [3.05, 3.63) is 46.1 Å². The van der Waals surface area contributed by atoms with Crippen LogP contribution in [-0.2, 0) is 11.8 Å². The topological polar surface area (TPSA) is 117 Å². The first-order chi connectivity index (χ1) is 13.5. The van der Waals surface area contributed by atoms with E-state index < -0.39 is 4.92 Å². The second kappa shape index (κ2) is 8.94. The van der Waals surface area contributed by atoms with E-state index in [2.05, 4.69) is 5.10 Å². The van der Waals surface area contributed by atoms with Gasteiger partial charge in [-0.3, -0.25) is 19.6 Å². The average molecular weight is 387 g/mol. The minimum Gasteiger partial charge on any atom is -0.378 e. The molecule has 1 aromatic heterocycles. The number of nitrogens with two attached hydrogens (primary N) is 1. The second-order valence-corrected chi connectivity index (χ2v) is 6.87. The Kier molecular flexibility index (Phi) is 6.37. The van der Waals surface area contributed by atoms with Crippen molar-refractivity contribution < 1.29 is 14.5 Å². The number of nitro benzene ring substituents is 1. The van der Waals surface area contributed by atoms with Gasteiger partial charge in [0.15, 0.2) is 0 Å². The van der Waals surface area contributed by atoms with Crippen molar-refractivity contribution in [2.75, 3.05) is 26.2 Å². The van der Waals surface area contributed by atoms with Gasteiger partial charge in [0.1, 0.15) is 5.69 Å². The number of piperidine rings is 1. The quantitative estimate of drug-likeness (QED) is 0.441. The van der Waals surface area contributed by atoms with Crippen molar-refractivity contribution in [2.45, 2.75) is 25.4 Å². The SMILES string of the molecule is Cn1cc(C(=O)N2CCC(OCCCN)CC2)c(-c2ccc([N+](=O)[O-])cc2)n1. The Morgan fingerprint density at radius 3 is 2.61 bits per heavy atom. The van der Waals surface area contributed by atoms with E-state index in [0.29, 0.717) is 43.1 Å². The van der Waals surface area contributed by atoms with Crippen molar-refractivity contribution in [1.29, 1.82) is 0 Å². The minimum atomic E-state index is -0.450. The van der Waals surface area contributed by atoms with Crippen LogP contribution in [0.25, 0.3) is 11.3 Å². The fourth-order valence-electron chi connectivity index (χ4n) is 3.33. The van der Waals surface area contributed by atoms with Gasteiger partial charge in [0.05, 0.1) is 16.6 Å². The molecule has 9 nitrogen and oxygen atoms in total. The van der Waals surface area contributed by atoms with Crippen molar-refractivity contribution in [1.82, 2.24) is 14.7 Å². The molecule has 1 aromatic carbocycles. The van der Waals surface area contributed by atoms with Gasteiger partial charge < -0.3 is 15.4 Å². The van der Waals surface area contributed by atoms with E-state index >= 15 is 0 Å². The van der Waals surface area contributed by atoms with Crippen LogP contribution in [0.15, 0.2) is 30.5 Å². The number of nitrogens with zero attached hydrogens (tertiary/aromatic N) is 4. The number of benzene rings is 1. The maximum absolute atomic E-state index is 13.1. The van der Waals surface area contributed by atoms with Crippen molar-refractivity contribution in [3.8, 4) is 11.3 Å². The molecule has 0 saturated carbocycles. The molecule has 0 radical (unpaired) electrons. The summed E-state index contributed by atoms with van der Waals surface area (Å²) in [5.41, 5.74) is 7.19. The molecule has 0 spiro atoms. The van der Waals surface area contributed by atoms with Crippen LogP contribution < -0.4 is 5.73 Å². The molecule has 28 heavy (non-hydrogen) atoms. The molecule has 2 aromatic rings. The average Bonchev–Trinajstić information content (AvgIpc) is 3.10. The van der Waals surface area contributed by atoms with Crippen LogP contribution in [0, 0.1) is 10.1 Å². The van der Waals surface area contributed by atoms with Gasteiger partial charge in [-0.25, -0.2) is 0 Å². The van der Waals surface area contributed by atoms with Crippen LogP contribution >= 0.6 is 0 Å². The maximum Gasteiger partial charge on any atom is 0.269 e. The van der Waals surface area contributed by atoms with Crippen LogP contribution in [-0.4, -0.2) is 57.9 Å². The zero-order valence-corrected chi connectivity index (χ0v) is 15.9. The fourth-order valence-corrected chi connectivity index (χ4v) is 3.33. The van der Waals surface area contributed by atoms with Crippen LogP contribution in [0.5, 0.6) is 0 Å². The lowest BCUT2D eigenvalue weighted by molar-refractivity contribution is -0.384. The van der Waals surface area contributed by atoms with E-state index in [4.69, 9.17) is 10.5 Å². The van der Waals surface area contributed by atoms with E-state index in [-0.39, 0.29) is 17.7 Å². The Morgan fingerprint density at radius 1 is 1.32 bits per heavy atom. The highest BCUT2D eigenvalue weighted by Crippen LogP contribution is 2.26. The molecule has 1 fully saturated rings. The number of hydrogen-bond donors (Lipinski definition) is 1. The molecule has 1 saturated heterocycles. The molecule has 0 unspecified atom stereocenters. The number of rotatable bonds is 7. The summed E-state index contributed by atoms with van der Waals surface area (Å²) in [7, 11) is 1.75. The van der Waals surface area contributed by atoms with E-state index in [0.717, 1.165) is 19.3 Å². The van der Waals surface area contributed by atoms with Gasteiger partial charge in [-0.15, -0.1) is 0 Å². The molecule has 2 N–H and O–H groups in total. The van der Waals surface area contributed by atoms with Crippen molar-refractivity contribution in [2.24, 2.45) is 12.8 Å². The second-order valence-electron chi connectivity index (χ2n) is 6.87. The predicted molar refractivity (Wildman–Crippen MR) is 104 cm³/mol. The highest BCUT2D eigenvalue weighted by atomic mass is 16.6. The van der Waals surface area contributed by atoms with E-state index in [9.17, 15) is 14.9 Å². The van der Waals surface area contributed by atoms with Crippen molar-refractivity contribution in [3.63, 3.8) is 0 Å². The summed E-state index contributed by atoms with van der Waals surface area (Å²) in [6, 6.07) is 6.08. The van der Waals surface area contributed by atoms with E-state index in [1.807, 2.05) is 4.90 Å². The first-order valence-electron chi connectivity index (χ1n) is 9.39. The van der Waals surface area contributed by atoms with Gasteiger partial charge in [-0.2, -0.15) is 5.10 Å². The highest BCUT2D eigenvalue weighted by Gasteiger charge is 2.27. The van der Waals surface area contributed by atoms with Gasteiger partial charge in [0, 0.05) is 50.6 Å². The number of nitro groups is 1. The molecule has 1 amide bonds. The summed E-state index contributed by atoms with van der Waals surface area (Å²) in [6.07, 6.45) is 4.29. The monoisotopic (exact) mass is 387 g/mol. The summed E-state index contributed by atoms with van der Waals surface area (Å²) in [6.45, 7) is 2.52. The number of ether oxygens (including phenoxy) is 1. The van der Waals surface area contributed by atoms with Crippen LogP contribution in [0.4, 0.5) is 5.69 Å². The molecule has 3 rings (SSSR count). The lowest BCUT2D eigenvalue weighted by atomic mass is 10.0. The van der Waals surface area contributed by atoms with E-state index in [1.165, 1.54) is 12.1 Å². The van der Waals surface area contributed by atoms with Gasteiger partial charge in [-0.05, 0) is 37.9 Å². The Hall–Kier alpha value is -2.78. The highest BCUT2D eigenvalue weighted by molar-refractivity contribution is 5.99. The van der Waals surface area contributed by atoms with Gasteiger partial charge in [-0.1, -0.05) is 0 Å². The molecule has 150 valence electrons. The lowest BCUT2D eigenvalue weighted by Crippen LogP contribution is -2.41. The molecule has 1 aliphatic heterocycles. The first-order valence-corrected chi connectivity index (χ1v) is 9.39. The number of carbonyl (C=O) groups excluding carboxylic acids is 1. The minimum absolute atomic E-state index is 0.00395. The fraction of sp³-hybridized carbons (Fsp3) is 0.474. The van der Waals surface area contributed by atoms with Gasteiger partial charge in [0.2, 0.25) is 0 Å². The molecule has 9 heteroatoms. The zero-order chi connectivity index (χ0) is 20.1. The van der Waals surface area contributed by atoms with E-state index in [1.54, 1.807) is 30.1 Å². The number of aryl methyl sites for hydroxylation is 1. The summed E-state index contributed by atoms with van der Waals surface area (Å²) in [4.78, 5) is 25.3. The largest absolute Gasteiger partial charge is 0.378 e. The molecule has 0 bridgehead atoms. The summed E-state index contributed by atoms with van der Waals surface area (Å²) < 4.78 is 7.39. The Bertz CT molecular complexity index is 825. The Labute approximate surface area is 163 Å². The molecule has 1 aliphatic rings. The smallest absolute Gasteiger partial charge is 0.269 e. The molecule has 2 heterocycles. The van der Waals surface area contributed by atoms with Crippen LogP contribution in [0.1, 0.15) is 29.6 Å². The van der Waals surface area contributed by atoms with Gasteiger partial charge in [0.25, 0.3) is 11.6 Å². The maximum atomic E-state index is 13.1. The standard InChI is InChI=1S/C19H25N5O4/c1-22-13-17(18(21-22)14-3-5-15(6-4-14)24(26)27)19(25)23-10-7-16(8-11-23)28-12-2-9-20/h3-6,13,16H,2,7-12,20H2,1H3. The number of likely N-dealkylation sites (tertiary alicyclic amines) is 1. The van der Waals surface area contributed by atoms with Crippen molar-refractivity contribution >= 4 is 11.6 Å². The Morgan fingerprint density at radius 2 is 2.00 bits per heavy atom. The third kappa shape index (κ3) is 4.55. The molecule has 0 aliphatic carbocycles. The summed E-state index contributed by atoms with van der Waals surface area (Å²) in [5.74, 6) is -0.0816. The Balaban J connectivity index is 1.70. The van der Waals surface area contributed by atoms with Crippen LogP contribution in [0.2, 0.25) is 0 Å². The summed E-state index contributed by atoms with van der Waals surface area (Å²) in [5, 5.41) is 15.3. The number of non-ortho nitro benzene ring substituents is 1. The number of amides is 1. The van der Waals surface area contributed by atoms with Crippen LogP contribution in [0.3, 0.4) is 0 Å². The molecule has 0 atom stereocenters. The normalized spacial score (nSPS) is 15.0. The first kappa shape index (κ1) is 20.0. The summed E-state index contributed by atoms with van der Waals surface area (Å²) >= 11 is 0. The number of aromatic nitrogens is 2. The molecular formula is C19H25N5O4.